The minimum atomic E-state index is -3.32. The summed E-state index contributed by atoms with van der Waals surface area (Å²) in [5, 5.41) is 9.05. The average molecular weight is 271 g/mol. The van der Waals surface area contributed by atoms with E-state index in [9.17, 15) is 13.2 Å². The monoisotopic (exact) mass is 271 g/mol. The predicted molar refractivity (Wildman–Crippen MR) is 70.0 cm³/mol. The van der Waals surface area contributed by atoms with Crippen LogP contribution in [0.1, 0.15) is 19.4 Å². The lowest BCUT2D eigenvalue weighted by atomic mass is 9.86. The third kappa shape index (κ3) is 4.37. The zero-order valence-electron chi connectivity index (χ0n) is 10.6. The maximum Gasteiger partial charge on any atom is 0.309 e. The number of benzene rings is 1. The van der Waals surface area contributed by atoms with Crippen LogP contribution in [0.4, 0.5) is 5.69 Å². The lowest BCUT2D eigenvalue weighted by Crippen LogP contribution is -2.26. The zero-order valence-corrected chi connectivity index (χ0v) is 11.4. The number of rotatable bonds is 5. The maximum absolute atomic E-state index is 11.1. The van der Waals surface area contributed by atoms with E-state index in [0.29, 0.717) is 12.1 Å². The Kier molecular flexibility index (Phi) is 4.01. The molecule has 0 aliphatic carbocycles. The van der Waals surface area contributed by atoms with Crippen LogP contribution in [0.3, 0.4) is 0 Å². The highest BCUT2D eigenvalue weighted by Gasteiger charge is 2.27. The second-order valence-corrected chi connectivity index (χ2v) is 6.69. The Morgan fingerprint density at radius 2 is 2.00 bits per heavy atom. The van der Waals surface area contributed by atoms with Gasteiger partial charge >= 0.3 is 5.97 Å². The predicted octanol–water partition coefficient (Wildman–Crippen LogP) is 1.71. The summed E-state index contributed by atoms with van der Waals surface area (Å²) in [5.41, 5.74) is 0.330. The van der Waals surface area contributed by atoms with Gasteiger partial charge in [0.2, 0.25) is 10.0 Å². The van der Waals surface area contributed by atoms with Crippen molar-refractivity contribution in [3.8, 4) is 0 Å². The molecule has 5 nitrogen and oxygen atoms in total. The van der Waals surface area contributed by atoms with Crippen molar-refractivity contribution in [1.29, 1.82) is 0 Å². The second-order valence-electron chi connectivity index (χ2n) is 4.94. The first-order valence-corrected chi connectivity index (χ1v) is 7.29. The molecule has 6 heteroatoms. The van der Waals surface area contributed by atoms with Crippen LogP contribution in [0.5, 0.6) is 0 Å². The normalized spacial score (nSPS) is 12.2. The second kappa shape index (κ2) is 4.97. The molecule has 18 heavy (non-hydrogen) atoms. The Hall–Kier alpha value is -1.56. The van der Waals surface area contributed by atoms with Gasteiger partial charge in [-0.05, 0) is 38.0 Å². The van der Waals surface area contributed by atoms with Gasteiger partial charge in [0.05, 0.1) is 11.7 Å². The van der Waals surface area contributed by atoms with E-state index in [4.69, 9.17) is 5.11 Å². The Morgan fingerprint density at radius 3 is 2.50 bits per heavy atom. The van der Waals surface area contributed by atoms with Crippen molar-refractivity contribution in [2.45, 2.75) is 20.3 Å². The van der Waals surface area contributed by atoms with Crippen LogP contribution in [0, 0.1) is 5.41 Å². The number of aliphatic carboxylic acids is 1. The number of anilines is 1. The number of hydrogen-bond acceptors (Lipinski definition) is 3. The largest absolute Gasteiger partial charge is 0.481 e. The Bertz CT molecular complexity index is 549. The first kappa shape index (κ1) is 14.5. The molecule has 0 unspecified atom stereocenters. The van der Waals surface area contributed by atoms with Crippen LogP contribution >= 0.6 is 0 Å². The molecule has 0 fully saturated rings. The van der Waals surface area contributed by atoms with E-state index in [-0.39, 0.29) is 0 Å². The average Bonchev–Trinajstić information content (AvgIpc) is 2.13. The van der Waals surface area contributed by atoms with Crippen molar-refractivity contribution in [2.75, 3.05) is 11.0 Å². The molecule has 2 N–H and O–H groups in total. The molecule has 0 saturated carbocycles. The smallest absolute Gasteiger partial charge is 0.309 e. The molecule has 0 spiro atoms. The Balaban J connectivity index is 2.93. The molecule has 0 atom stereocenters. The van der Waals surface area contributed by atoms with Crippen LogP contribution in [0.15, 0.2) is 24.3 Å². The van der Waals surface area contributed by atoms with Crippen molar-refractivity contribution in [1.82, 2.24) is 0 Å². The van der Waals surface area contributed by atoms with Gasteiger partial charge in [-0.1, -0.05) is 12.1 Å². The summed E-state index contributed by atoms with van der Waals surface area (Å²) < 4.78 is 24.6. The van der Waals surface area contributed by atoms with Crippen molar-refractivity contribution in [2.24, 2.45) is 5.41 Å². The lowest BCUT2D eigenvalue weighted by Gasteiger charge is -2.19. The van der Waals surface area contributed by atoms with E-state index in [1.165, 1.54) is 0 Å². The molecule has 1 aromatic rings. The summed E-state index contributed by atoms with van der Waals surface area (Å²) in [4.78, 5) is 11.0. The van der Waals surface area contributed by atoms with Crippen molar-refractivity contribution >= 4 is 21.7 Å². The van der Waals surface area contributed by atoms with Gasteiger partial charge in [-0.3, -0.25) is 9.52 Å². The number of carboxylic acids is 1. The van der Waals surface area contributed by atoms with E-state index in [0.717, 1.165) is 11.8 Å². The van der Waals surface area contributed by atoms with Crippen LogP contribution < -0.4 is 4.72 Å². The van der Waals surface area contributed by atoms with Crippen molar-refractivity contribution < 1.29 is 18.3 Å². The van der Waals surface area contributed by atoms with Gasteiger partial charge < -0.3 is 5.11 Å². The van der Waals surface area contributed by atoms with Crippen LogP contribution in [0.25, 0.3) is 0 Å². The molecule has 0 saturated heterocycles. The van der Waals surface area contributed by atoms with Gasteiger partial charge in [0.1, 0.15) is 0 Å². The molecule has 0 aliphatic rings. The van der Waals surface area contributed by atoms with E-state index in [2.05, 4.69) is 4.72 Å². The van der Waals surface area contributed by atoms with Gasteiger partial charge in [-0.2, -0.15) is 0 Å². The maximum atomic E-state index is 11.1. The number of carboxylic acid groups (broad SMARTS) is 1. The summed E-state index contributed by atoms with van der Waals surface area (Å²) in [5.74, 6) is -0.885. The molecular weight excluding hydrogens is 254 g/mol. The summed E-state index contributed by atoms with van der Waals surface area (Å²) in [6.07, 6.45) is 1.41. The Morgan fingerprint density at radius 1 is 1.39 bits per heavy atom. The molecule has 0 amide bonds. The van der Waals surface area contributed by atoms with E-state index >= 15 is 0 Å². The van der Waals surface area contributed by atoms with E-state index in [1.54, 1.807) is 38.1 Å². The highest BCUT2D eigenvalue weighted by molar-refractivity contribution is 7.92. The minimum Gasteiger partial charge on any atom is -0.481 e. The number of carbonyl (C=O) groups is 1. The van der Waals surface area contributed by atoms with E-state index < -0.39 is 21.4 Å². The molecule has 1 rings (SSSR count). The van der Waals surface area contributed by atoms with Gasteiger partial charge in [-0.15, -0.1) is 0 Å². The Labute approximate surface area is 107 Å². The van der Waals surface area contributed by atoms with Crippen LogP contribution in [-0.4, -0.2) is 25.7 Å². The molecule has 0 aliphatic heterocycles. The third-order valence-electron chi connectivity index (χ3n) is 2.46. The van der Waals surface area contributed by atoms with Crippen molar-refractivity contribution in [3.05, 3.63) is 29.8 Å². The van der Waals surface area contributed by atoms with Gasteiger partial charge in [0.15, 0.2) is 0 Å². The first-order valence-electron chi connectivity index (χ1n) is 5.40. The van der Waals surface area contributed by atoms with Gasteiger partial charge in [0, 0.05) is 5.69 Å². The summed E-state index contributed by atoms with van der Waals surface area (Å²) >= 11 is 0. The summed E-state index contributed by atoms with van der Waals surface area (Å²) in [7, 11) is -3.32. The molecule has 0 aromatic heterocycles. The molecule has 1 aromatic carbocycles. The first-order chi connectivity index (χ1) is 8.10. The van der Waals surface area contributed by atoms with E-state index in [1.807, 2.05) is 0 Å². The third-order valence-corrected chi connectivity index (χ3v) is 3.06. The highest BCUT2D eigenvalue weighted by atomic mass is 32.2. The molecule has 0 radical (unpaired) electrons. The summed E-state index contributed by atoms with van der Waals surface area (Å²) in [6.45, 7) is 3.26. The van der Waals surface area contributed by atoms with Crippen molar-refractivity contribution in [3.63, 3.8) is 0 Å². The SMILES string of the molecule is CC(C)(Cc1cccc(NS(C)(=O)=O)c1)C(=O)O. The zero-order chi connectivity index (χ0) is 14.0. The molecule has 100 valence electrons. The molecule has 0 bridgehead atoms. The van der Waals surface area contributed by atoms with Crippen LogP contribution in [0.2, 0.25) is 0 Å². The fourth-order valence-electron chi connectivity index (χ4n) is 1.54. The number of hydrogen-bond donors (Lipinski definition) is 2. The highest BCUT2D eigenvalue weighted by Crippen LogP contribution is 2.23. The fourth-order valence-corrected chi connectivity index (χ4v) is 2.10. The quantitative estimate of drug-likeness (QED) is 0.854. The lowest BCUT2D eigenvalue weighted by molar-refractivity contribution is -0.146. The standard InChI is InChI=1S/C12H17NO4S/c1-12(2,11(14)15)8-9-5-4-6-10(7-9)13-18(3,16)17/h4-7,13H,8H2,1-3H3,(H,14,15). The summed E-state index contributed by atoms with van der Waals surface area (Å²) in [6, 6.07) is 6.74. The minimum absolute atomic E-state index is 0.335. The van der Waals surface area contributed by atoms with Gasteiger partial charge in [0.25, 0.3) is 0 Å². The van der Waals surface area contributed by atoms with Gasteiger partial charge in [-0.25, -0.2) is 8.42 Å². The molecule has 0 heterocycles. The van der Waals surface area contributed by atoms with Crippen LogP contribution in [-0.2, 0) is 21.2 Å². The fraction of sp³-hybridized carbons (Fsp3) is 0.417. The number of nitrogens with one attached hydrogen (secondary N) is 1. The molecular formula is C12H17NO4S. The number of sulfonamides is 1. The topological polar surface area (TPSA) is 83.5 Å².